The second kappa shape index (κ2) is 4.58. The van der Waals surface area contributed by atoms with Crippen LogP contribution in [-0.4, -0.2) is 0 Å². The molecule has 0 N–H and O–H groups in total. The number of hydrogen-bond donors (Lipinski definition) is 0. The van der Waals surface area contributed by atoms with Gasteiger partial charge in [-0.05, 0) is 43.4 Å². The topological polar surface area (TPSA) is 0 Å². The number of alkyl halides is 1. The molecule has 1 aromatic heterocycles. The third-order valence-corrected chi connectivity index (χ3v) is 6.01. The van der Waals surface area contributed by atoms with E-state index >= 15 is 0 Å². The number of halogens is 1. The molecule has 1 unspecified atom stereocenters. The Labute approximate surface area is 115 Å². The lowest BCUT2D eigenvalue weighted by atomic mass is 10.1. The van der Waals surface area contributed by atoms with Crippen molar-refractivity contribution in [2.24, 2.45) is 0 Å². The Kier molecular flexibility index (Phi) is 3.10. The van der Waals surface area contributed by atoms with E-state index in [2.05, 4.69) is 53.2 Å². The van der Waals surface area contributed by atoms with Gasteiger partial charge in [-0.1, -0.05) is 45.8 Å². The third-order valence-electron chi connectivity index (χ3n) is 3.39. The SMILES string of the molecule is Cc1ccc(C(Br)c2cc3c(s2)CCC3)cc1. The van der Waals surface area contributed by atoms with Gasteiger partial charge in [-0.3, -0.25) is 0 Å². The fourth-order valence-electron chi connectivity index (χ4n) is 2.38. The molecule has 0 radical (unpaired) electrons. The minimum Gasteiger partial charge on any atom is -0.144 e. The molecule has 1 aliphatic rings. The van der Waals surface area contributed by atoms with Crippen LogP contribution in [0, 0.1) is 6.92 Å². The first-order valence-electron chi connectivity index (χ1n) is 6.06. The highest BCUT2D eigenvalue weighted by atomic mass is 79.9. The summed E-state index contributed by atoms with van der Waals surface area (Å²) < 4.78 is 0. The van der Waals surface area contributed by atoms with Crippen molar-refractivity contribution < 1.29 is 0 Å². The molecule has 17 heavy (non-hydrogen) atoms. The van der Waals surface area contributed by atoms with Crippen LogP contribution in [-0.2, 0) is 12.8 Å². The maximum absolute atomic E-state index is 3.83. The first-order chi connectivity index (χ1) is 8.24. The molecule has 1 aliphatic carbocycles. The molecule has 1 aromatic carbocycles. The van der Waals surface area contributed by atoms with Gasteiger partial charge in [0.1, 0.15) is 0 Å². The zero-order valence-electron chi connectivity index (χ0n) is 9.87. The Hall–Kier alpha value is -0.600. The quantitative estimate of drug-likeness (QED) is 0.683. The average molecular weight is 307 g/mol. The second-order valence-electron chi connectivity index (χ2n) is 4.72. The fraction of sp³-hybridized carbons (Fsp3) is 0.333. The molecule has 0 aliphatic heterocycles. The molecular formula is C15H15BrS. The summed E-state index contributed by atoms with van der Waals surface area (Å²) in [6.07, 6.45) is 3.91. The van der Waals surface area contributed by atoms with Crippen molar-refractivity contribution in [3.63, 3.8) is 0 Å². The number of fused-ring (bicyclic) bond motifs is 1. The third kappa shape index (κ3) is 2.21. The summed E-state index contributed by atoms with van der Waals surface area (Å²) in [6.45, 7) is 2.13. The molecule has 0 saturated heterocycles. The predicted molar refractivity (Wildman–Crippen MR) is 78.3 cm³/mol. The van der Waals surface area contributed by atoms with Crippen molar-refractivity contribution in [3.8, 4) is 0 Å². The van der Waals surface area contributed by atoms with Crippen molar-refractivity contribution in [2.45, 2.75) is 31.0 Å². The highest BCUT2D eigenvalue weighted by Crippen LogP contribution is 2.40. The van der Waals surface area contributed by atoms with E-state index in [0.717, 1.165) is 0 Å². The predicted octanol–water partition coefficient (Wildman–Crippen LogP) is 5.03. The molecule has 1 heterocycles. The first-order valence-corrected chi connectivity index (χ1v) is 7.79. The van der Waals surface area contributed by atoms with Gasteiger partial charge in [0.25, 0.3) is 0 Å². The Morgan fingerprint density at radius 2 is 1.94 bits per heavy atom. The van der Waals surface area contributed by atoms with Crippen molar-refractivity contribution in [1.29, 1.82) is 0 Å². The molecule has 0 saturated carbocycles. The summed E-state index contributed by atoms with van der Waals surface area (Å²) in [5.41, 5.74) is 4.26. The summed E-state index contributed by atoms with van der Waals surface area (Å²) in [7, 11) is 0. The molecule has 0 nitrogen and oxygen atoms in total. The molecule has 0 amide bonds. The Balaban J connectivity index is 1.90. The maximum atomic E-state index is 3.83. The lowest BCUT2D eigenvalue weighted by Crippen LogP contribution is -1.89. The average Bonchev–Trinajstić information content (AvgIpc) is 2.89. The number of hydrogen-bond acceptors (Lipinski definition) is 1. The molecule has 2 heteroatoms. The van der Waals surface area contributed by atoms with E-state index < -0.39 is 0 Å². The minimum absolute atomic E-state index is 0.360. The van der Waals surface area contributed by atoms with Crippen LogP contribution in [0.3, 0.4) is 0 Å². The molecule has 88 valence electrons. The van der Waals surface area contributed by atoms with Gasteiger partial charge in [-0.2, -0.15) is 0 Å². The lowest BCUT2D eigenvalue weighted by molar-refractivity contribution is 0.913. The van der Waals surface area contributed by atoms with Gasteiger partial charge in [0.15, 0.2) is 0 Å². The zero-order chi connectivity index (χ0) is 11.8. The highest BCUT2D eigenvalue weighted by Gasteiger charge is 2.19. The van der Waals surface area contributed by atoms with E-state index in [4.69, 9.17) is 0 Å². The van der Waals surface area contributed by atoms with Crippen LogP contribution in [0.25, 0.3) is 0 Å². The summed E-state index contributed by atoms with van der Waals surface area (Å²) in [6, 6.07) is 11.2. The van der Waals surface area contributed by atoms with E-state index in [1.807, 2.05) is 11.3 Å². The normalized spacial score (nSPS) is 15.9. The number of thiophene rings is 1. The van der Waals surface area contributed by atoms with Crippen LogP contribution in [0.2, 0.25) is 0 Å². The van der Waals surface area contributed by atoms with Crippen LogP contribution in [0.4, 0.5) is 0 Å². The van der Waals surface area contributed by atoms with Crippen LogP contribution in [0.15, 0.2) is 30.3 Å². The van der Waals surface area contributed by atoms with Crippen molar-refractivity contribution in [1.82, 2.24) is 0 Å². The molecule has 0 fully saturated rings. The smallest absolute Gasteiger partial charge is 0.0738 e. The fourth-order valence-corrected chi connectivity index (χ4v) is 4.36. The van der Waals surface area contributed by atoms with Crippen LogP contribution >= 0.6 is 27.3 Å². The zero-order valence-corrected chi connectivity index (χ0v) is 12.3. The molecule has 3 rings (SSSR count). The van der Waals surface area contributed by atoms with Crippen molar-refractivity contribution in [2.75, 3.05) is 0 Å². The molecule has 0 spiro atoms. The second-order valence-corrected chi connectivity index (χ2v) is 6.81. The highest BCUT2D eigenvalue weighted by molar-refractivity contribution is 9.09. The van der Waals surface area contributed by atoms with Gasteiger partial charge in [0.05, 0.1) is 4.83 Å². The maximum Gasteiger partial charge on any atom is 0.0738 e. The van der Waals surface area contributed by atoms with Gasteiger partial charge in [0.2, 0.25) is 0 Å². The molecular weight excluding hydrogens is 292 g/mol. The van der Waals surface area contributed by atoms with Gasteiger partial charge in [-0.25, -0.2) is 0 Å². The number of benzene rings is 1. The Morgan fingerprint density at radius 1 is 1.18 bits per heavy atom. The van der Waals surface area contributed by atoms with Crippen molar-refractivity contribution in [3.05, 3.63) is 56.8 Å². The standard InChI is InChI=1S/C15H15BrS/c1-10-5-7-11(8-6-10)15(16)14-9-12-3-2-4-13(12)17-14/h5-9,15H,2-4H2,1H3. The van der Waals surface area contributed by atoms with E-state index in [9.17, 15) is 0 Å². The van der Waals surface area contributed by atoms with E-state index in [1.54, 1.807) is 10.4 Å². The summed E-state index contributed by atoms with van der Waals surface area (Å²) >= 11 is 5.81. The molecule has 2 aromatic rings. The first kappa shape index (κ1) is 11.5. The van der Waals surface area contributed by atoms with Gasteiger partial charge in [0, 0.05) is 9.75 Å². The molecule has 1 atom stereocenters. The summed E-state index contributed by atoms with van der Waals surface area (Å²) in [5, 5.41) is 0. The minimum atomic E-state index is 0.360. The van der Waals surface area contributed by atoms with E-state index in [0.29, 0.717) is 4.83 Å². The monoisotopic (exact) mass is 306 g/mol. The number of aryl methyl sites for hydroxylation is 3. The van der Waals surface area contributed by atoms with Crippen LogP contribution in [0.1, 0.15) is 37.7 Å². The van der Waals surface area contributed by atoms with Crippen LogP contribution < -0.4 is 0 Å². The summed E-state index contributed by atoms with van der Waals surface area (Å²) in [4.78, 5) is 3.42. The number of rotatable bonds is 2. The largest absolute Gasteiger partial charge is 0.144 e. The van der Waals surface area contributed by atoms with E-state index in [-0.39, 0.29) is 0 Å². The lowest BCUT2D eigenvalue weighted by Gasteiger charge is -2.08. The Morgan fingerprint density at radius 3 is 2.65 bits per heavy atom. The van der Waals surface area contributed by atoms with Crippen molar-refractivity contribution >= 4 is 27.3 Å². The van der Waals surface area contributed by atoms with Crippen LogP contribution in [0.5, 0.6) is 0 Å². The summed E-state index contributed by atoms with van der Waals surface area (Å²) in [5.74, 6) is 0. The molecule has 0 bridgehead atoms. The van der Waals surface area contributed by atoms with Gasteiger partial charge < -0.3 is 0 Å². The Bertz CT molecular complexity index is 503. The van der Waals surface area contributed by atoms with Gasteiger partial charge in [-0.15, -0.1) is 11.3 Å². The van der Waals surface area contributed by atoms with E-state index in [1.165, 1.54) is 35.3 Å². The van der Waals surface area contributed by atoms with Gasteiger partial charge >= 0.3 is 0 Å².